The summed E-state index contributed by atoms with van der Waals surface area (Å²) in [5.74, 6) is -1.23. The van der Waals surface area contributed by atoms with Crippen LogP contribution < -0.4 is 0 Å². The van der Waals surface area contributed by atoms with Gasteiger partial charge in [-0.15, -0.1) is 0 Å². The van der Waals surface area contributed by atoms with Gasteiger partial charge in [-0.2, -0.15) is 0 Å². The minimum Gasteiger partial charge on any atom is -0.480 e. The summed E-state index contributed by atoms with van der Waals surface area (Å²) in [4.78, 5) is 24.2. The monoisotopic (exact) mass is 323 g/mol. The molecule has 1 fully saturated rings. The van der Waals surface area contributed by atoms with Crippen LogP contribution in [0.2, 0.25) is 0 Å². The molecule has 0 bridgehead atoms. The third-order valence-corrected chi connectivity index (χ3v) is 3.61. The third-order valence-electron chi connectivity index (χ3n) is 2.89. The number of hydrogen-bond donors (Lipinski definition) is 1. The molecule has 1 aromatic carbocycles. The quantitative estimate of drug-likeness (QED) is 0.847. The minimum absolute atomic E-state index is 0.0902. The molecule has 1 aliphatic carbocycles. The van der Waals surface area contributed by atoms with E-state index in [1.165, 1.54) is 11.0 Å². The zero-order valence-corrected chi connectivity index (χ0v) is 11.8. The number of halogens is 1. The molecule has 1 saturated carbocycles. The normalized spacial score (nSPS) is 14.6. The molecular formula is C14H14BrNO3. The molecule has 1 aliphatic rings. The van der Waals surface area contributed by atoms with Crippen molar-refractivity contribution in [1.29, 1.82) is 0 Å². The van der Waals surface area contributed by atoms with Crippen LogP contribution in [0, 0.1) is 0 Å². The molecule has 0 unspecified atom stereocenters. The molecule has 0 atom stereocenters. The molecule has 0 radical (unpaired) electrons. The lowest BCUT2D eigenvalue weighted by Crippen LogP contribution is -2.36. The molecule has 5 heteroatoms. The zero-order valence-electron chi connectivity index (χ0n) is 10.3. The second-order valence-corrected chi connectivity index (χ2v) is 5.30. The third kappa shape index (κ3) is 3.92. The van der Waals surface area contributed by atoms with Crippen LogP contribution in [0.4, 0.5) is 0 Å². The average molecular weight is 324 g/mol. The Morgan fingerprint density at radius 1 is 1.37 bits per heavy atom. The molecule has 4 nitrogen and oxygen atoms in total. The van der Waals surface area contributed by atoms with Crippen LogP contribution in [-0.4, -0.2) is 34.5 Å². The van der Waals surface area contributed by atoms with Crippen LogP contribution in [0.25, 0.3) is 6.08 Å². The molecule has 0 aromatic heterocycles. The highest BCUT2D eigenvalue weighted by molar-refractivity contribution is 9.10. The van der Waals surface area contributed by atoms with Crippen molar-refractivity contribution in [2.24, 2.45) is 0 Å². The van der Waals surface area contributed by atoms with Crippen molar-refractivity contribution in [1.82, 2.24) is 4.90 Å². The van der Waals surface area contributed by atoms with Crippen LogP contribution in [0.5, 0.6) is 0 Å². The maximum atomic E-state index is 12.0. The van der Waals surface area contributed by atoms with Crippen molar-refractivity contribution in [2.45, 2.75) is 18.9 Å². The van der Waals surface area contributed by atoms with Crippen molar-refractivity contribution in [3.63, 3.8) is 0 Å². The highest BCUT2D eigenvalue weighted by Gasteiger charge is 2.32. The molecular weight excluding hydrogens is 310 g/mol. The fourth-order valence-electron chi connectivity index (χ4n) is 1.79. The summed E-state index contributed by atoms with van der Waals surface area (Å²) in [6.07, 6.45) is 4.91. The Bertz CT molecular complexity index is 523. The number of carboxylic acids is 1. The van der Waals surface area contributed by atoms with Gasteiger partial charge >= 0.3 is 5.97 Å². The molecule has 100 valence electrons. The summed E-state index contributed by atoms with van der Waals surface area (Å²) in [5, 5.41) is 8.81. The first-order chi connectivity index (χ1) is 9.08. The van der Waals surface area contributed by atoms with Gasteiger partial charge in [-0.05, 0) is 30.5 Å². The van der Waals surface area contributed by atoms with E-state index in [0.29, 0.717) is 0 Å². The van der Waals surface area contributed by atoms with Gasteiger partial charge < -0.3 is 10.0 Å². The Balaban J connectivity index is 2.06. The topological polar surface area (TPSA) is 57.6 Å². The number of aliphatic carboxylic acids is 1. The smallest absolute Gasteiger partial charge is 0.323 e. The van der Waals surface area contributed by atoms with Gasteiger partial charge in [0.15, 0.2) is 0 Å². The Morgan fingerprint density at radius 2 is 2.05 bits per heavy atom. The highest BCUT2D eigenvalue weighted by Crippen LogP contribution is 2.27. The number of benzene rings is 1. The van der Waals surface area contributed by atoms with Crippen molar-refractivity contribution in [3.8, 4) is 0 Å². The number of hydrogen-bond acceptors (Lipinski definition) is 2. The van der Waals surface area contributed by atoms with E-state index in [1.54, 1.807) is 6.08 Å². The molecule has 1 N–H and O–H groups in total. The number of carbonyl (C=O) groups excluding carboxylic acids is 1. The molecule has 0 spiro atoms. The van der Waals surface area contributed by atoms with Gasteiger partial charge in [0, 0.05) is 16.6 Å². The predicted octanol–water partition coefficient (Wildman–Crippen LogP) is 2.54. The van der Waals surface area contributed by atoms with E-state index in [0.717, 1.165) is 22.9 Å². The SMILES string of the molecule is O=C(O)CN(C(=O)C=Cc1ccccc1Br)C1CC1. The molecule has 2 rings (SSSR count). The second-order valence-electron chi connectivity index (χ2n) is 4.45. The van der Waals surface area contributed by atoms with E-state index in [9.17, 15) is 9.59 Å². The van der Waals surface area contributed by atoms with E-state index in [2.05, 4.69) is 15.9 Å². The summed E-state index contributed by atoms with van der Waals surface area (Å²) in [6.45, 7) is -0.232. The highest BCUT2D eigenvalue weighted by atomic mass is 79.9. The Morgan fingerprint density at radius 3 is 2.63 bits per heavy atom. The first-order valence-electron chi connectivity index (χ1n) is 6.03. The first kappa shape index (κ1) is 13.8. The van der Waals surface area contributed by atoms with Crippen LogP contribution >= 0.6 is 15.9 Å². The maximum Gasteiger partial charge on any atom is 0.323 e. The lowest BCUT2D eigenvalue weighted by atomic mass is 10.2. The summed E-state index contributed by atoms with van der Waals surface area (Å²) in [5.41, 5.74) is 0.891. The fourth-order valence-corrected chi connectivity index (χ4v) is 2.20. The summed E-state index contributed by atoms with van der Waals surface area (Å²) >= 11 is 3.39. The predicted molar refractivity (Wildman–Crippen MR) is 75.5 cm³/mol. The fraction of sp³-hybridized carbons (Fsp3) is 0.286. The van der Waals surface area contributed by atoms with E-state index in [-0.39, 0.29) is 18.5 Å². The lowest BCUT2D eigenvalue weighted by Gasteiger charge is -2.17. The molecule has 19 heavy (non-hydrogen) atoms. The van der Waals surface area contributed by atoms with Gasteiger partial charge in [-0.3, -0.25) is 9.59 Å². The standard InChI is InChI=1S/C14H14BrNO3/c15-12-4-2-1-3-10(12)5-8-13(17)16(9-14(18)19)11-6-7-11/h1-5,8,11H,6-7,9H2,(H,18,19). The van der Waals surface area contributed by atoms with Crippen molar-refractivity contribution in [2.75, 3.05) is 6.54 Å². The number of carboxylic acid groups (broad SMARTS) is 1. The number of nitrogens with zero attached hydrogens (tertiary/aromatic N) is 1. The molecule has 0 saturated heterocycles. The average Bonchev–Trinajstić information content (AvgIpc) is 3.18. The number of amides is 1. The Labute approximate surface area is 119 Å². The van der Waals surface area contributed by atoms with E-state index in [4.69, 9.17) is 5.11 Å². The van der Waals surface area contributed by atoms with Crippen molar-refractivity contribution in [3.05, 3.63) is 40.4 Å². The van der Waals surface area contributed by atoms with Gasteiger partial charge in [0.2, 0.25) is 5.91 Å². The summed E-state index contributed by atoms with van der Waals surface area (Å²) in [6, 6.07) is 7.63. The van der Waals surface area contributed by atoms with E-state index >= 15 is 0 Å². The van der Waals surface area contributed by atoms with Gasteiger partial charge in [-0.25, -0.2) is 0 Å². The van der Waals surface area contributed by atoms with Gasteiger partial charge in [0.1, 0.15) is 6.54 Å². The van der Waals surface area contributed by atoms with Crippen LogP contribution in [0.3, 0.4) is 0 Å². The number of carbonyl (C=O) groups is 2. The van der Waals surface area contributed by atoms with Gasteiger partial charge in [0.05, 0.1) is 0 Å². The van der Waals surface area contributed by atoms with E-state index in [1.807, 2.05) is 24.3 Å². The molecule has 0 heterocycles. The van der Waals surface area contributed by atoms with Crippen LogP contribution in [0.15, 0.2) is 34.8 Å². The van der Waals surface area contributed by atoms with Gasteiger partial charge in [-0.1, -0.05) is 34.1 Å². The van der Waals surface area contributed by atoms with Gasteiger partial charge in [0.25, 0.3) is 0 Å². The minimum atomic E-state index is -0.977. The maximum absolute atomic E-state index is 12.0. The van der Waals surface area contributed by atoms with Crippen molar-refractivity contribution < 1.29 is 14.7 Å². The molecule has 1 aromatic rings. The largest absolute Gasteiger partial charge is 0.480 e. The summed E-state index contributed by atoms with van der Waals surface area (Å²) in [7, 11) is 0. The second kappa shape index (κ2) is 6.02. The molecule has 1 amide bonds. The lowest BCUT2D eigenvalue weighted by molar-refractivity contribution is -0.143. The molecule has 0 aliphatic heterocycles. The Kier molecular flexibility index (Phi) is 4.37. The van der Waals surface area contributed by atoms with Crippen molar-refractivity contribution >= 4 is 33.9 Å². The zero-order chi connectivity index (χ0) is 13.8. The van der Waals surface area contributed by atoms with Crippen LogP contribution in [0.1, 0.15) is 18.4 Å². The Hall–Kier alpha value is -1.62. The van der Waals surface area contributed by atoms with Crippen LogP contribution in [-0.2, 0) is 9.59 Å². The number of rotatable bonds is 5. The summed E-state index contributed by atoms with van der Waals surface area (Å²) < 4.78 is 0.898. The van der Waals surface area contributed by atoms with E-state index < -0.39 is 5.97 Å². The first-order valence-corrected chi connectivity index (χ1v) is 6.82.